The Morgan fingerprint density at radius 3 is 2.00 bits per heavy atom. The fraction of sp³-hybridized carbons (Fsp3) is 0.800. The number of rotatable bonds is 3. The van der Waals surface area contributed by atoms with Gasteiger partial charge in [-0.25, -0.2) is 0 Å². The van der Waals surface area contributed by atoms with Crippen LogP contribution >= 0.6 is 0 Å². The van der Waals surface area contributed by atoms with Crippen molar-refractivity contribution in [1.82, 2.24) is 0 Å². The number of nitrogens with two attached hydrogens (primary N) is 2. The third-order valence-corrected chi connectivity index (χ3v) is 1.09. The van der Waals surface area contributed by atoms with Crippen LogP contribution in [0.5, 0.6) is 0 Å². The van der Waals surface area contributed by atoms with E-state index in [-0.39, 0.29) is 59.1 Å². The number of aliphatic carboxylic acids is 1. The van der Waals surface area contributed by atoms with Crippen molar-refractivity contribution >= 4 is 35.5 Å². The van der Waals surface area contributed by atoms with Crippen LogP contribution in [0, 0.1) is 0 Å². The molecular formula is C5H13FeN2NaO2. The second-order valence-corrected chi connectivity index (χ2v) is 2.12. The summed E-state index contributed by atoms with van der Waals surface area (Å²) >= 11 is 0. The molecule has 0 heterocycles. The van der Waals surface area contributed by atoms with E-state index >= 15 is 0 Å². The maximum atomic E-state index is 9.98. The van der Waals surface area contributed by atoms with E-state index in [1.54, 1.807) is 6.92 Å². The Morgan fingerprint density at radius 1 is 1.55 bits per heavy atom. The van der Waals surface area contributed by atoms with Crippen LogP contribution in [0.1, 0.15) is 13.3 Å². The molecule has 6 heteroatoms. The van der Waals surface area contributed by atoms with E-state index < -0.39 is 12.0 Å². The Labute approximate surface area is 98.8 Å². The van der Waals surface area contributed by atoms with E-state index in [9.17, 15) is 4.79 Å². The van der Waals surface area contributed by atoms with Gasteiger partial charge in [0.25, 0.3) is 0 Å². The molecule has 5 N–H and O–H groups in total. The van der Waals surface area contributed by atoms with Crippen LogP contribution in [0.3, 0.4) is 0 Å². The number of hydrogen-bond donors (Lipinski definition) is 3. The number of carboxylic acid groups (broad SMARTS) is 1. The molecule has 0 aliphatic heterocycles. The average Bonchev–Trinajstić information content (AvgIpc) is 1.63. The molecule has 0 fully saturated rings. The van der Waals surface area contributed by atoms with Crippen molar-refractivity contribution in [2.24, 2.45) is 11.5 Å². The zero-order valence-electron chi connectivity index (χ0n) is 5.73. The van der Waals surface area contributed by atoms with Crippen LogP contribution in [0.4, 0.5) is 0 Å². The van der Waals surface area contributed by atoms with Gasteiger partial charge >= 0.3 is 35.5 Å². The third kappa shape index (κ3) is 10.9. The second kappa shape index (κ2) is 9.00. The Bertz CT molecular complexity index is 113. The summed E-state index contributed by atoms with van der Waals surface area (Å²) in [7, 11) is 0. The minimum atomic E-state index is -0.903. The summed E-state index contributed by atoms with van der Waals surface area (Å²) in [6, 6.07) is -0.677. The van der Waals surface area contributed by atoms with Crippen molar-refractivity contribution in [3.05, 3.63) is 0 Å². The van der Waals surface area contributed by atoms with Gasteiger partial charge in [-0.3, -0.25) is 4.79 Å². The van der Waals surface area contributed by atoms with Gasteiger partial charge in [0.05, 0.1) is 6.42 Å². The van der Waals surface area contributed by atoms with E-state index in [0.717, 1.165) is 0 Å². The molecule has 0 aliphatic carbocycles. The molecule has 0 aromatic carbocycles. The summed E-state index contributed by atoms with van der Waals surface area (Å²) in [5.41, 5.74) is 10.6. The van der Waals surface area contributed by atoms with Crippen LogP contribution < -0.4 is 11.5 Å². The summed E-state index contributed by atoms with van der Waals surface area (Å²) in [6.07, 6.45) is -0.0579. The van der Waals surface area contributed by atoms with Crippen LogP contribution in [0.25, 0.3) is 0 Å². The molecule has 64 valence electrons. The molecule has 0 saturated heterocycles. The van der Waals surface area contributed by atoms with Crippen molar-refractivity contribution in [2.75, 3.05) is 0 Å². The first-order valence-corrected chi connectivity index (χ1v) is 2.77. The van der Waals surface area contributed by atoms with E-state index in [2.05, 4.69) is 0 Å². The molecule has 0 aliphatic rings. The molecule has 0 spiro atoms. The Balaban J connectivity index is -0.000000320. The van der Waals surface area contributed by atoms with Gasteiger partial charge in [0.15, 0.2) is 0 Å². The minimum absolute atomic E-state index is 0. The van der Waals surface area contributed by atoms with Crippen LogP contribution in [-0.2, 0) is 21.9 Å². The first kappa shape index (κ1) is 17.9. The van der Waals surface area contributed by atoms with Gasteiger partial charge < -0.3 is 16.6 Å². The molecule has 0 aromatic heterocycles. The molecule has 0 saturated carbocycles. The monoisotopic (exact) mass is 212 g/mol. The second-order valence-electron chi connectivity index (χ2n) is 2.12. The van der Waals surface area contributed by atoms with Crippen molar-refractivity contribution < 1.29 is 27.0 Å². The molecule has 2 unspecified atom stereocenters. The summed E-state index contributed by atoms with van der Waals surface area (Å²) in [6.45, 7) is 1.69. The standard InChI is InChI=1S/C5H12N2O2.Fe.Na.H/c1-3(6)4(7)2-5(8)9;;;/h3-4H,2,6-7H2,1H3,(H,8,9);;;. The predicted molar refractivity (Wildman–Crippen MR) is 41.0 cm³/mol. The van der Waals surface area contributed by atoms with Crippen LogP contribution in [-0.4, -0.2) is 52.7 Å². The molecule has 0 radical (unpaired) electrons. The van der Waals surface area contributed by atoms with Gasteiger partial charge in [-0.15, -0.1) is 0 Å². The van der Waals surface area contributed by atoms with Gasteiger partial charge in [-0.1, -0.05) is 0 Å². The van der Waals surface area contributed by atoms with Crippen molar-refractivity contribution in [1.29, 1.82) is 0 Å². The van der Waals surface area contributed by atoms with Gasteiger partial charge in [0.1, 0.15) is 0 Å². The fourth-order valence-corrected chi connectivity index (χ4v) is 0.388. The van der Waals surface area contributed by atoms with Crippen molar-refractivity contribution in [2.45, 2.75) is 25.4 Å². The maximum absolute atomic E-state index is 9.98. The van der Waals surface area contributed by atoms with Gasteiger partial charge in [-0.05, 0) is 6.92 Å². The molecular weight excluding hydrogens is 199 g/mol. The first-order chi connectivity index (χ1) is 4.04. The van der Waals surface area contributed by atoms with E-state index in [0.29, 0.717) is 0 Å². The van der Waals surface area contributed by atoms with Crippen LogP contribution in [0.2, 0.25) is 0 Å². The molecule has 0 rings (SSSR count). The first-order valence-electron chi connectivity index (χ1n) is 2.77. The molecule has 11 heavy (non-hydrogen) atoms. The van der Waals surface area contributed by atoms with Gasteiger partial charge in [0.2, 0.25) is 0 Å². The van der Waals surface area contributed by atoms with E-state index in [4.69, 9.17) is 16.6 Å². The van der Waals surface area contributed by atoms with Crippen molar-refractivity contribution in [3.63, 3.8) is 0 Å². The van der Waals surface area contributed by atoms with E-state index in [1.807, 2.05) is 0 Å². The van der Waals surface area contributed by atoms with Gasteiger partial charge in [-0.2, -0.15) is 0 Å². The summed E-state index contributed by atoms with van der Waals surface area (Å²) in [5, 5.41) is 8.20. The number of carbonyl (C=O) groups is 1. The zero-order valence-corrected chi connectivity index (χ0v) is 6.83. The third-order valence-electron chi connectivity index (χ3n) is 1.09. The topological polar surface area (TPSA) is 89.3 Å². The Kier molecular flexibility index (Phi) is 14.6. The quantitative estimate of drug-likeness (QED) is 0.496. The molecule has 2 atom stereocenters. The summed E-state index contributed by atoms with van der Waals surface area (Å²) in [4.78, 5) is 9.98. The Morgan fingerprint density at radius 2 is 1.91 bits per heavy atom. The normalized spacial score (nSPS) is 13.7. The SMILES string of the molecule is CC(N)C(N)CC(=O)O.[Fe].[NaH]. The number of hydrogen-bond acceptors (Lipinski definition) is 3. The van der Waals surface area contributed by atoms with E-state index in [1.165, 1.54) is 0 Å². The fourth-order valence-electron chi connectivity index (χ4n) is 0.388. The molecule has 4 nitrogen and oxygen atoms in total. The zero-order chi connectivity index (χ0) is 7.44. The molecule has 0 amide bonds. The Hall–Kier alpha value is 0.909. The number of carboxylic acids is 1. The van der Waals surface area contributed by atoms with Gasteiger partial charge in [0, 0.05) is 29.2 Å². The predicted octanol–water partition coefficient (Wildman–Crippen LogP) is -1.52. The molecule has 0 bridgehead atoms. The van der Waals surface area contributed by atoms with Crippen molar-refractivity contribution in [3.8, 4) is 0 Å². The average molecular weight is 212 g/mol. The molecule has 0 aromatic rings. The summed E-state index contributed by atoms with van der Waals surface area (Å²) in [5.74, 6) is -0.903. The summed E-state index contributed by atoms with van der Waals surface area (Å²) < 4.78 is 0. The van der Waals surface area contributed by atoms with Crippen LogP contribution in [0.15, 0.2) is 0 Å².